The summed E-state index contributed by atoms with van der Waals surface area (Å²) in [6.07, 6.45) is 6.48. The highest BCUT2D eigenvalue weighted by Gasteiger charge is 2.53. The molecule has 0 heterocycles. The van der Waals surface area contributed by atoms with Gasteiger partial charge in [-0.1, -0.05) is 6.42 Å². The van der Waals surface area contributed by atoms with E-state index < -0.39 is 5.54 Å². The van der Waals surface area contributed by atoms with E-state index in [1.54, 1.807) is 0 Å². The Kier molecular flexibility index (Phi) is 3.88. The van der Waals surface area contributed by atoms with E-state index in [1.165, 1.54) is 7.11 Å². The third kappa shape index (κ3) is 2.22. The first-order valence-corrected chi connectivity index (χ1v) is 6.82. The molecule has 2 aliphatic rings. The Morgan fingerprint density at radius 3 is 2.50 bits per heavy atom. The van der Waals surface area contributed by atoms with Crippen LogP contribution in [0.15, 0.2) is 0 Å². The molecule has 0 aromatic carbocycles. The molecule has 5 nitrogen and oxygen atoms in total. The average Bonchev–Trinajstić information content (AvgIpc) is 2.88. The number of carbonyl (C=O) groups is 1. The van der Waals surface area contributed by atoms with Crippen LogP contribution < -0.4 is 0 Å². The van der Waals surface area contributed by atoms with Crippen LogP contribution in [-0.4, -0.2) is 23.5 Å². The van der Waals surface area contributed by atoms with E-state index >= 15 is 0 Å². The summed E-state index contributed by atoms with van der Waals surface area (Å²) in [5.41, 5.74) is -0.757. The van der Waals surface area contributed by atoms with E-state index in [9.17, 15) is 14.9 Å². The van der Waals surface area contributed by atoms with Crippen molar-refractivity contribution in [2.45, 2.75) is 56.9 Å². The molecule has 2 rings (SSSR count). The van der Waals surface area contributed by atoms with Crippen molar-refractivity contribution in [2.75, 3.05) is 7.11 Å². The van der Waals surface area contributed by atoms with Crippen molar-refractivity contribution < 1.29 is 14.5 Å². The number of hydrogen-bond donors (Lipinski definition) is 0. The second-order valence-corrected chi connectivity index (χ2v) is 5.65. The Morgan fingerprint density at radius 2 is 1.94 bits per heavy atom. The fourth-order valence-electron chi connectivity index (χ4n) is 3.79. The molecule has 2 unspecified atom stereocenters. The van der Waals surface area contributed by atoms with Crippen LogP contribution in [-0.2, 0) is 9.53 Å². The van der Waals surface area contributed by atoms with Gasteiger partial charge in [-0.25, -0.2) is 0 Å². The lowest BCUT2D eigenvalue weighted by molar-refractivity contribution is -0.581. The SMILES string of the molecule is COC(=O)C1CCCC(C2([N+](=O)[O-])CCCC2)C1. The van der Waals surface area contributed by atoms with Gasteiger partial charge in [0.25, 0.3) is 0 Å². The molecule has 102 valence electrons. The van der Waals surface area contributed by atoms with Crippen LogP contribution in [0.5, 0.6) is 0 Å². The number of nitro groups is 1. The zero-order chi connectivity index (χ0) is 13.2. The fraction of sp³-hybridized carbons (Fsp3) is 0.923. The van der Waals surface area contributed by atoms with Gasteiger partial charge in [-0.3, -0.25) is 14.9 Å². The molecule has 0 saturated heterocycles. The van der Waals surface area contributed by atoms with Crippen molar-refractivity contribution in [3.8, 4) is 0 Å². The van der Waals surface area contributed by atoms with Gasteiger partial charge in [0.05, 0.1) is 13.0 Å². The summed E-state index contributed by atoms with van der Waals surface area (Å²) < 4.78 is 4.79. The van der Waals surface area contributed by atoms with Gasteiger partial charge in [0, 0.05) is 23.7 Å². The van der Waals surface area contributed by atoms with Gasteiger partial charge in [0.15, 0.2) is 0 Å². The summed E-state index contributed by atoms with van der Waals surface area (Å²) in [7, 11) is 1.39. The Balaban J connectivity index is 2.11. The number of rotatable bonds is 3. The fourth-order valence-corrected chi connectivity index (χ4v) is 3.79. The summed E-state index contributed by atoms with van der Waals surface area (Å²) in [5, 5.41) is 11.5. The molecular formula is C13H21NO4. The van der Waals surface area contributed by atoms with Gasteiger partial charge in [-0.15, -0.1) is 0 Å². The van der Waals surface area contributed by atoms with Crippen LogP contribution in [0.3, 0.4) is 0 Å². The van der Waals surface area contributed by atoms with Gasteiger partial charge in [-0.05, 0) is 32.1 Å². The molecule has 2 atom stereocenters. The summed E-state index contributed by atoms with van der Waals surface area (Å²) in [6.45, 7) is 0. The van der Waals surface area contributed by atoms with Crippen molar-refractivity contribution >= 4 is 5.97 Å². The number of esters is 1. The highest BCUT2D eigenvalue weighted by atomic mass is 16.6. The van der Waals surface area contributed by atoms with Gasteiger partial charge in [-0.2, -0.15) is 0 Å². The standard InChI is InChI=1S/C13H21NO4/c1-18-12(15)10-5-4-6-11(9-10)13(14(16)17)7-2-3-8-13/h10-11H,2-9H2,1H3. The third-order valence-electron chi connectivity index (χ3n) is 4.80. The molecule has 0 spiro atoms. The van der Waals surface area contributed by atoms with Crippen LogP contribution in [0.2, 0.25) is 0 Å². The number of carbonyl (C=O) groups excluding carboxylic acids is 1. The maximum absolute atomic E-state index is 11.6. The van der Waals surface area contributed by atoms with Gasteiger partial charge < -0.3 is 4.74 Å². The average molecular weight is 255 g/mol. The van der Waals surface area contributed by atoms with Crippen molar-refractivity contribution in [3.63, 3.8) is 0 Å². The van der Waals surface area contributed by atoms with E-state index in [4.69, 9.17) is 4.74 Å². The second kappa shape index (κ2) is 5.24. The van der Waals surface area contributed by atoms with E-state index in [0.29, 0.717) is 19.3 Å². The van der Waals surface area contributed by atoms with Gasteiger partial charge in [0.2, 0.25) is 5.54 Å². The first-order chi connectivity index (χ1) is 8.60. The van der Waals surface area contributed by atoms with Crippen LogP contribution in [0.4, 0.5) is 0 Å². The summed E-state index contributed by atoms with van der Waals surface area (Å²) in [6, 6.07) is 0. The molecule has 0 aromatic rings. The minimum atomic E-state index is -0.757. The lowest BCUT2D eigenvalue weighted by Gasteiger charge is -2.35. The molecule has 0 bridgehead atoms. The number of nitrogens with zero attached hydrogens (tertiary/aromatic N) is 1. The highest BCUT2D eigenvalue weighted by Crippen LogP contribution is 2.46. The van der Waals surface area contributed by atoms with Gasteiger partial charge in [0.1, 0.15) is 0 Å². The van der Waals surface area contributed by atoms with Gasteiger partial charge >= 0.3 is 5.97 Å². The normalized spacial score (nSPS) is 30.9. The number of hydrogen-bond acceptors (Lipinski definition) is 4. The molecule has 2 aliphatic carbocycles. The van der Waals surface area contributed by atoms with Crippen molar-refractivity contribution in [3.05, 3.63) is 10.1 Å². The monoisotopic (exact) mass is 255 g/mol. The molecule has 0 aromatic heterocycles. The molecule has 2 fully saturated rings. The zero-order valence-electron chi connectivity index (χ0n) is 10.9. The Labute approximate surface area is 107 Å². The largest absolute Gasteiger partial charge is 0.469 e. The Hall–Kier alpha value is -1.13. The Bertz CT molecular complexity index is 336. The summed E-state index contributed by atoms with van der Waals surface area (Å²) in [5.74, 6) is -0.282. The predicted octanol–water partition coefficient (Wildman–Crippen LogP) is 2.56. The first kappa shape index (κ1) is 13.3. The molecule has 0 amide bonds. The maximum atomic E-state index is 11.6. The molecule has 5 heteroatoms. The van der Waals surface area contributed by atoms with E-state index in [1.807, 2.05) is 0 Å². The summed E-state index contributed by atoms with van der Waals surface area (Å²) in [4.78, 5) is 23.0. The molecule has 0 radical (unpaired) electrons. The van der Waals surface area contributed by atoms with Crippen LogP contribution >= 0.6 is 0 Å². The molecular weight excluding hydrogens is 234 g/mol. The smallest absolute Gasteiger partial charge is 0.308 e. The van der Waals surface area contributed by atoms with Crippen LogP contribution in [0, 0.1) is 22.0 Å². The van der Waals surface area contributed by atoms with Crippen molar-refractivity contribution in [2.24, 2.45) is 11.8 Å². The molecule has 0 aliphatic heterocycles. The quantitative estimate of drug-likeness (QED) is 0.441. The number of ether oxygens (including phenoxy) is 1. The third-order valence-corrected chi connectivity index (χ3v) is 4.80. The first-order valence-electron chi connectivity index (χ1n) is 6.82. The summed E-state index contributed by atoms with van der Waals surface area (Å²) >= 11 is 0. The van der Waals surface area contributed by atoms with E-state index in [-0.39, 0.29) is 22.7 Å². The predicted molar refractivity (Wildman–Crippen MR) is 65.7 cm³/mol. The Morgan fingerprint density at radius 1 is 1.28 bits per heavy atom. The van der Waals surface area contributed by atoms with E-state index in [2.05, 4.69) is 0 Å². The highest BCUT2D eigenvalue weighted by molar-refractivity contribution is 5.72. The minimum absolute atomic E-state index is 0.0489. The number of methoxy groups -OCH3 is 1. The van der Waals surface area contributed by atoms with Crippen LogP contribution in [0.1, 0.15) is 51.4 Å². The topological polar surface area (TPSA) is 69.4 Å². The van der Waals surface area contributed by atoms with E-state index in [0.717, 1.165) is 32.1 Å². The molecule has 2 saturated carbocycles. The van der Waals surface area contributed by atoms with Crippen molar-refractivity contribution in [1.82, 2.24) is 0 Å². The zero-order valence-corrected chi connectivity index (χ0v) is 10.9. The van der Waals surface area contributed by atoms with Crippen LogP contribution in [0.25, 0.3) is 0 Å². The second-order valence-electron chi connectivity index (χ2n) is 5.65. The van der Waals surface area contributed by atoms with Crippen molar-refractivity contribution in [1.29, 1.82) is 0 Å². The molecule has 0 N–H and O–H groups in total. The minimum Gasteiger partial charge on any atom is -0.469 e. The lowest BCUT2D eigenvalue weighted by atomic mass is 9.70. The lowest BCUT2D eigenvalue weighted by Crippen LogP contribution is -2.45. The molecule has 18 heavy (non-hydrogen) atoms. The maximum Gasteiger partial charge on any atom is 0.308 e.